The van der Waals surface area contributed by atoms with Crippen molar-refractivity contribution in [3.63, 3.8) is 0 Å². The van der Waals surface area contributed by atoms with E-state index in [-0.39, 0.29) is 0 Å². The smallest absolute Gasteiger partial charge is 0.0541 e. The van der Waals surface area contributed by atoms with Gasteiger partial charge in [-0.25, -0.2) is 0 Å². The van der Waals surface area contributed by atoms with Crippen LogP contribution in [0, 0.1) is 0 Å². The maximum atomic E-state index is 9.29. The fraction of sp³-hybridized carbons (Fsp3) is 0. The lowest BCUT2D eigenvalue weighted by molar-refractivity contribution is 0.664. The first-order valence-corrected chi connectivity index (χ1v) is 7.56. The van der Waals surface area contributed by atoms with Gasteiger partial charge in [-0.15, -0.1) is 0 Å². The molecular weight excluding hydrogens is 278 g/mol. The van der Waals surface area contributed by atoms with E-state index in [1.807, 2.05) is 18.2 Å². The van der Waals surface area contributed by atoms with Crippen LogP contribution in [0.3, 0.4) is 0 Å². The third-order valence-corrected chi connectivity index (χ3v) is 4.23. The summed E-state index contributed by atoms with van der Waals surface area (Å²) in [5.41, 5.74) is 3.42. The molecule has 0 radical (unpaired) electrons. The molecule has 0 atom stereocenters. The molecule has 1 N–H and O–H groups in total. The quantitative estimate of drug-likeness (QED) is 0.504. The first-order valence-electron chi connectivity index (χ1n) is 6.78. The average molecular weight is 291 g/mol. The second-order valence-corrected chi connectivity index (χ2v) is 5.61. The van der Waals surface area contributed by atoms with E-state index in [1.54, 1.807) is 0 Å². The lowest BCUT2D eigenvalue weighted by Gasteiger charge is -2.08. The van der Waals surface area contributed by atoms with Crippen molar-refractivity contribution in [2.75, 3.05) is 0 Å². The van der Waals surface area contributed by atoms with E-state index in [0.717, 1.165) is 22.6 Å². The zero-order valence-corrected chi connectivity index (χ0v) is 12.0. The summed E-state index contributed by atoms with van der Waals surface area (Å²) in [5, 5.41) is 2.49. The van der Waals surface area contributed by atoms with Gasteiger partial charge in [0.15, 0.2) is 0 Å². The van der Waals surface area contributed by atoms with Gasteiger partial charge in [0.2, 0.25) is 0 Å². The fourth-order valence-corrected chi connectivity index (χ4v) is 3.19. The van der Waals surface area contributed by atoms with Crippen LogP contribution in [0.1, 0.15) is 0 Å². The predicted molar refractivity (Wildman–Crippen MR) is 89.3 cm³/mol. The van der Waals surface area contributed by atoms with E-state index in [1.165, 1.54) is 21.8 Å². The van der Waals surface area contributed by atoms with Crippen molar-refractivity contribution >= 4 is 33.8 Å². The molecule has 102 valence electrons. The van der Waals surface area contributed by atoms with Crippen LogP contribution >= 0.6 is 12.0 Å². The van der Waals surface area contributed by atoms with Gasteiger partial charge in [-0.2, -0.15) is 0 Å². The van der Waals surface area contributed by atoms with Crippen molar-refractivity contribution in [1.29, 1.82) is 0 Å². The first-order chi connectivity index (χ1) is 10.4. The molecule has 1 heterocycles. The molecule has 2 nitrogen and oxygen atoms in total. The summed E-state index contributed by atoms with van der Waals surface area (Å²) in [6.45, 7) is 0. The van der Waals surface area contributed by atoms with Crippen molar-refractivity contribution in [3.05, 3.63) is 72.8 Å². The van der Waals surface area contributed by atoms with Crippen LogP contribution in [-0.2, 0) is 0 Å². The topological polar surface area (TPSA) is 25.2 Å². The highest BCUT2D eigenvalue weighted by atomic mass is 32.2. The lowest BCUT2D eigenvalue weighted by Crippen LogP contribution is -1.93. The van der Waals surface area contributed by atoms with Crippen molar-refractivity contribution in [1.82, 2.24) is 4.57 Å². The molecule has 0 amide bonds. The molecular formula is C18H13NOS. The van der Waals surface area contributed by atoms with E-state index in [4.69, 9.17) is 0 Å². The van der Waals surface area contributed by atoms with Crippen LogP contribution in [0.15, 0.2) is 77.7 Å². The molecule has 4 rings (SSSR count). The van der Waals surface area contributed by atoms with Gasteiger partial charge >= 0.3 is 0 Å². The summed E-state index contributed by atoms with van der Waals surface area (Å²) in [4.78, 5) is 0.842. The molecule has 0 spiro atoms. The van der Waals surface area contributed by atoms with E-state index in [2.05, 4.69) is 59.2 Å². The average Bonchev–Trinajstić information content (AvgIpc) is 2.89. The summed E-state index contributed by atoms with van der Waals surface area (Å²) in [5.74, 6) is 0. The maximum Gasteiger partial charge on any atom is 0.0541 e. The standard InChI is InChI=1S/C18H13NOS/c20-21-14-7-5-6-13(12-14)19-17-10-3-1-8-15(17)16-9-2-4-11-18(16)19/h1-12,20H. The van der Waals surface area contributed by atoms with Gasteiger partial charge < -0.3 is 9.12 Å². The molecule has 3 heteroatoms. The Hall–Kier alpha value is -2.23. The molecule has 0 aliphatic heterocycles. The Morgan fingerprint density at radius 3 is 1.95 bits per heavy atom. The predicted octanol–water partition coefficient (Wildman–Crippen LogP) is 5.35. The number of hydrogen-bond donors (Lipinski definition) is 1. The zero-order chi connectivity index (χ0) is 14.2. The molecule has 4 aromatic rings. The van der Waals surface area contributed by atoms with Crippen LogP contribution in [-0.4, -0.2) is 9.12 Å². The largest absolute Gasteiger partial charge is 0.325 e. The number of fused-ring (bicyclic) bond motifs is 3. The van der Waals surface area contributed by atoms with E-state index in [0.29, 0.717) is 0 Å². The fourth-order valence-electron chi connectivity index (χ4n) is 2.88. The Morgan fingerprint density at radius 1 is 0.714 bits per heavy atom. The van der Waals surface area contributed by atoms with Crippen LogP contribution < -0.4 is 0 Å². The minimum atomic E-state index is 0.778. The number of nitrogens with zero attached hydrogens (tertiary/aromatic N) is 1. The van der Waals surface area contributed by atoms with Crippen LogP contribution in [0.5, 0.6) is 0 Å². The Labute approximate surface area is 126 Å². The molecule has 0 bridgehead atoms. The Bertz CT molecular complexity index is 889. The van der Waals surface area contributed by atoms with Gasteiger partial charge in [0.25, 0.3) is 0 Å². The molecule has 21 heavy (non-hydrogen) atoms. The molecule has 3 aromatic carbocycles. The SMILES string of the molecule is OSc1cccc(-n2c3ccccc3c3ccccc32)c1. The normalized spacial score (nSPS) is 11.3. The second-order valence-electron chi connectivity index (χ2n) is 4.96. The van der Waals surface area contributed by atoms with Crippen molar-refractivity contribution in [2.24, 2.45) is 0 Å². The van der Waals surface area contributed by atoms with Crippen LogP contribution in [0.4, 0.5) is 0 Å². The van der Waals surface area contributed by atoms with Crippen LogP contribution in [0.2, 0.25) is 0 Å². The molecule has 0 unspecified atom stereocenters. The summed E-state index contributed by atoms with van der Waals surface area (Å²) >= 11 is 0.778. The monoisotopic (exact) mass is 291 g/mol. The van der Waals surface area contributed by atoms with Gasteiger partial charge in [0.05, 0.1) is 11.0 Å². The first kappa shape index (κ1) is 12.5. The summed E-state index contributed by atoms with van der Waals surface area (Å²) < 4.78 is 11.5. The minimum absolute atomic E-state index is 0.778. The molecule has 0 aliphatic rings. The Balaban J connectivity index is 2.14. The van der Waals surface area contributed by atoms with Crippen molar-refractivity contribution in [2.45, 2.75) is 4.90 Å². The Morgan fingerprint density at radius 2 is 1.33 bits per heavy atom. The lowest BCUT2D eigenvalue weighted by atomic mass is 10.2. The van der Waals surface area contributed by atoms with Gasteiger partial charge in [-0.3, -0.25) is 0 Å². The molecule has 0 saturated heterocycles. The third-order valence-electron chi connectivity index (χ3n) is 3.76. The van der Waals surface area contributed by atoms with E-state index < -0.39 is 0 Å². The van der Waals surface area contributed by atoms with Gasteiger partial charge in [0, 0.05) is 33.4 Å². The molecule has 0 fully saturated rings. The number of para-hydroxylation sites is 2. The minimum Gasteiger partial charge on any atom is -0.325 e. The zero-order valence-electron chi connectivity index (χ0n) is 11.2. The van der Waals surface area contributed by atoms with Crippen molar-refractivity contribution in [3.8, 4) is 5.69 Å². The summed E-state index contributed by atoms with van der Waals surface area (Å²) in [7, 11) is 0. The highest BCUT2D eigenvalue weighted by molar-refractivity contribution is 7.93. The second kappa shape index (κ2) is 4.95. The van der Waals surface area contributed by atoms with Crippen LogP contribution in [0.25, 0.3) is 27.5 Å². The van der Waals surface area contributed by atoms with E-state index >= 15 is 0 Å². The molecule has 0 aliphatic carbocycles. The summed E-state index contributed by atoms with van der Waals surface area (Å²) in [6, 6.07) is 24.8. The highest BCUT2D eigenvalue weighted by Crippen LogP contribution is 2.32. The Kier molecular flexibility index (Phi) is 2.95. The number of hydrogen-bond acceptors (Lipinski definition) is 2. The highest BCUT2D eigenvalue weighted by Gasteiger charge is 2.11. The van der Waals surface area contributed by atoms with Gasteiger partial charge in [-0.1, -0.05) is 42.5 Å². The van der Waals surface area contributed by atoms with Gasteiger partial charge in [-0.05, 0) is 30.3 Å². The third kappa shape index (κ3) is 1.94. The number of benzene rings is 3. The maximum absolute atomic E-state index is 9.29. The van der Waals surface area contributed by atoms with Crippen molar-refractivity contribution < 1.29 is 4.55 Å². The summed E-state index contributed by atoms with van der Waals surface area (Å²) in [6.07, 6.45) is 0. The van der Waals surface area contributed by atoms with E-state index in [9.17, 15) is 4.55 Å². The molecule has 0 saturated carbocycles. The number of aromatic nitrogens is 1. The number of rotatable bonds is 2. The van der Waals surface area contributed by atoms with Gasteiger partial charge in [0.1, 0.15) is 0 Å². The molecule has 1 aromatic heterocycles.